The van der Waals surface area contributed by atoms with Crippen LogP contribution in [0, 0.1) is 0 Å². The third-order valence-electron chi connectivity index (χ3n) is 4.87. The molecule has 3 rings (SSSR count). The molecular formula is C21H29N5O3. The van der Waals surface area contributed by atoms with Gasteiger partial charge in [0.25, 0.3) is 0 Å². The first kappa shape index (κ1) is 21.0. The largest absolute Gasteiger partial charge is 0.497 e. The summed E-state index contributed by atoms with van der Waals surface area (Å²) in [4.78, 5) is 15.8. The fourth-order valence-electron chi connectivity index (χ4n) is 3.26. The summed E-state index contributed by atoms with van der Waals surface area (Å²) in [5.74, 6) is 1.34. The van der Waals surface area contributed by atoms with Gasteiger partial charge in [-0.25, -0.2) is 9.97 Å². The van der Waals surface area contributed by atoms with Crippen molar-refractivity contribution >= 4 is 17.1 Å². The Kier molecular flexibility index (Phi) is 7.00. The van der Waals surface area contributed by atoms with Gasteiger partial charge in [-0.1, -0.05) is 12.1 Å². The number of aryl methyl sites for hydroxylation is 2. The third kappa shape index (κ3) is 4.83. The summed E-state index contributed by atoms with van der Waals surface area (Å²) in [5, 5.41) is 18.8. The number of anilines is 1. The van der Waals surface area contributed by atoms with Gasteiger partial charge in [0.05, 0.1) is 32.3 Å². The predicted octanol–water partition coefficient (Wildman–Crippen LogP) is 1.99. The van der Waals surface area contributed by atoms with Gasteiger partial charge >= 0.3 is 0 Å². The maximum absolute atomic E-state index is 9.40. The molecule has 0 aliphatic rings. The molecule has 0 radical (unpaired) electrons. The molecule has 0 saturated carbocycles. The van der Waals surface area contributed by atoms with E-state index in [0.717, 1.165) is 29.0 Å². The van der Waals surface area contributed by atoms with Crippen molar-refractivity contribution in [1.82, 2.24) is 19.5 Å². The van der Waals surface area contributed by atoms with Crippen molar-refractivity contribution in [1.29, 1.82) is 0 Å². The topological polar surface area (TPSA) is 96.5 Å². The van der Waals surface area contributed by atoms with E-state index in [-0.39, 0.29) is 19.3 Å². The van der Waals surface area contributed by atoms with Crippen LogP contribution in [0.3, 0.4) is 0 Å². The van der Waals surface area contributed by atoms with E-state index < -0.39 is 0 Å². The van der Waals surface area contributed by atoms with Crippen LogP contribution >= 0.6 is 0 Å². The van der Waals surface area contributed by atoms with Gasteiger partial charge in [-0.15, -0.1) is 0 Å². The normalized spacial score (nSPS) is 11.4. The molecule has 2 heterocycles. The minimum Gasteiger partial charge on any atom is -0.497 e. The van der Waals surface area contributed by atoms with Gasteiger partial charge in [0.15, 0.2) is 5.65 Å². The number of methoxy groups -OCH3 is 1. The molecule has 0 spiro atoms. The highest BCUT2D eigenvalue weighted by molar-refractivity contribution is 5.75. The van der Waals surface area contributed by atoms with Gasteiger partial charge < -0.3 is 24.4 Å². The van der Waals surface area contributed by atoms with Crippen molar-refractivity contribution in [3.63, 3.8) is 0 Å². The molecule has 0 unspecified atom stereocenters. The monoisotopic (exact) mass is 399 g/mol. The fourth-order valence-corrected chi connectivity index (χ4v) is 3.26. The Morgan fingerprint density at radius 2 is 1.72 bits per heavy atom. The van der Waals surface area contributed by atoms with Crippen LogP contribution in [0.5, 0.6) is 5.75 Å². The van der Waals surface area contributed by atoms with E-state index in [1.54, 1.807) is 18.3 Å². The summed E-state index contributed by atoms with van der Waals surface area (Å²) in [6.45, 7) is 4.82. The number of hydrogen-bond donors (Lipinski definition) is 2. The van der Waals surface area contributed by atoms with E-state index in [9.17, 15) is 10.2 Å². The van der Waals surface area contributed by atoms with E-state index in [1.807, 2.05) is 16.7 Å². The Balaban J connectivity index is 1.96. The van der Waals surface area contributed by atoms with Gasteiger partial charge in [0.2, 0.25) is 5.95 Å². The van der Waals surface area contributed by atoms with Crippen molar-refractivity contribution < 1.29 is 14.9 Å². The zero-order valence-electron chi connectivity index (χ0n) is 17.2. The number of aliphatic hydroxyl groups excluding tert-OH is 2. The second kappa shape index (κ2) is 9.67. The SMILES string of the molecule is COc1ccc(CCc2nc(N(CCO)CCO)nc3c2ncn3C(C)C)cc1. The maximum atomic E-state index is 9.40. The predicted molar refractivity (Wildman–Crippen MR) is 112 cm³/mol. The fraction of sp³-hybridized carbons (Fsp3) is 0.476. The zero-order valence-corrected chi connectivity index (χ0v) is 17.2. The minimum atomic E-state index is -0.0357. The number of benzene rings is 1. The average molecular weight is 399 g/mol. The molecule has 0 amide bonds. The van der Waals surface area contributed by atoms with Gasteiger partial charge in [-0.2, -0.15) is 4.98 Å². The molecular weight excluding hydrogens is 370 g/mol. The molecule has 0 aliphatic heterocycles. The Bertz CT molecular complexity index is 918. The van der Waals surface area contributed by atoms with Gasteiger partial charge in [0.1, 0.15) is 11.3 Å². The maximum Gasteiger partial charge on any atom is 0.227 e. The van der Waals surface area contributed by atoms with Gasteiger partial charge in [-0.3, -0.25) is 0 Å². The molecule has 8 heteroatoms. The lowest BCUT2D eigenvalue weighted by Crippen LogP contribution is -2.31. The van der Waals surface area contributed by atoms with Crippen LogP contribution in [0.25, 0.3) is 11.2 Å². The van der Waals surface area contributed by atoms with E-state index in [0.29, 0.717) is 25.5 Å². The lowest BCUT2D eigenvalue weighted by molar-refractivity contribution is 0.280. The Morgan fingerprint density at radius 3 is 2.31 bits per heavy atom. The number of aliphatic hydroxyl groups is 2. The number of ether oxygens (including phenoxy) is 1. The summed E-state index contributed by atoms with van der Waals surface area (Å²) in [5.41, 5.74) is 3.62. The summed E-state index contributed by atoms with van der Waals surface area (Å²) in [6.07, 6.45) is 3.32. The van der Waals surface area contributed by atoms with Gasteiger partial charge in [-0.05, 0) is 44.4 Å². The number of nitrogens with zero attached hydrogens (tertiary/aromatic N) is 5. The molecule has 0 fully saturated rings. The van der Waals surface area contributed by atoms with Crippen LogP contribution in [0.4, 0.5) is 5.95 Å². The second-order valence-electron chi connectivity index (χ2n) is 7.17. The van der Waals surface area contributed by atoms with E-state index in [4.69, 9.17) is 14.7 Å². The number of aromatic nitrogens is 4. The Hall–Kier alpha value is -2.71. The van der Waals surface area contributed by atoms with Crippen molar-refractivity contribution in [2.45, 2.75) is 32.7 Å². The molecule has 29 heavy (non-hydrogen) atoms. The smallest absolute Gasteiger partial charge is 0.227 e. The molecule has 0 bridgehead atoms. The first-order valence-electron chi connectivity index (χ1n) is 9.90. The molecule has 2 aromatic heterocycles. The highest BCUT2D eigenvalue weighted by atomic mass is 16.5. The standard InChI is InChI=1S/C21H29N5O3/c1-15(2)26-14-22-19-18(9-6-16-4-7-17(29-3)8-5-16)23-21(24-20(19)26)25(10-12-27)11-13-28/h4-5,7-8,14-15,27-28H,6,9-13H2,1-3H3. The van der Waals surface area contributed by atoms with Crippen LogP contribution in [-0.4, -0.2) is 63.1 Å². The summed E-state index contributed by atoms with van der Waals surface area (Å²) >= 11 is 0. The Labute approximate surface area is 170 Å². The number of hydrogen-bond acceptors (Lipinski definition) is 7. The molecule has 2 N–H and O–H groups in total. The molecule has 0 saturated heterocycles. The van der Waals surface area contributed by atoms with Crippen molar-refractivity contribution in [3.8, 4) is 5.75 Å². The average Bonchev–Trinajstić information content (AvgIpc) is 3.16. The lowest BCUT2D eigenvalue weighted by Gasteiger charge is -2.21. The Morgan fingerprint density at radius 1 is 1.03 bits per heavy atom. The molecule has 8 nitrogen and oxygen atoms in total. The first-order valence-corrected chi connectivity index (χ1v) is 9.90. The lowest BCUT2D eigenvalue weighted by atomic mass is 10.1. The summed E-state index contributed by atoms with van der Waals surface area (Å²) in [7, 11) is 1.66. The van der Waals surface area contributed by atoms with Crippen LogP contribution < -0.4 is 9.64 Å². The van der Waals surface area contributed by atoms with E-state index in [1.165, 1.54) is 5.56 Å². The highest BCUT2D eigenvalue weighted by Crippen LogP contribution is 2.23. The number of fused-ring (bicyclic) bond motifs is 1. The van der Waals surface area contributed by atoms with Crippen molar-refractivity contribution in [2.75, 3.05) is 38.3 Å². The van der Waals surface area contributed by atoms with Crippen LogP contribution in [0.2, 0.25) is 0 Å². The van der Waals surface area contributed by atoms with E-state index in [2.05, 4.69) is 31.0 Å². The highest BCUT2D eigenvalue weighted by Gasteiger charge is 2.18. The minimum absolute atomic E-state index is 0.0357. The number of rotatable bonds is 10. The van der Waals surface area contributed by atoms with E-state index >= 15 is 0 Å². The molecule has 1 aromatic carbocycles. The van der Waals surface area contributed by atoms with Gasteiger partial charge in [0, 0.05) is 19.1 Å². The third-order valence-corrected chi connectivity index (χ3v) is 4.87. The summed E-state index contributed by atoms with van der Waals surface area (Å²) < 4.78 is 7.24. The van der Waals surface area contributed by atoms with Crippen LogP contribution in [-0.2, 0) is 12.8 Å². The second-order valence-corrected chi connectivity index (χ2v) is 7.17. The molecule has 0 atom stereocenters. The number of imidazole rings is 1. The quantitative estimate of drug-likeness (QED) is 0.538. The van der Waals surface area contributed by atoms with Crippen molar-refractivity contribution in [3.05, 3.63) is 41.9 Å². The first-order chi connectivity index (χ1) is 14.1. The zero-order chi connectivity index (χ0) is 20.8. The van der Waals surface area contributed by atoms with Crippen LogP contribution in [0.15, 0.2) is 30.6 Å². The molecule has 0 aliphatic carbocycles. The molecule has 156 valence electrons. The summed E-state index contributed by atoms with van der Waals surface area (Å²) in [6, 6.07) is 8.21. The van der Waals surface area contributed by atoms with Crippen LogP contribution in [0.1, 0.15) is 31.1 Å². The molecule has 3 aromatic rings. The van der Waals surface area contributed by atoms with Crippen molar-refractivity contribution in [2.24, 2.45) is 0 Å².